The number of hydrogen-bond donors (Lipinski definition) is 1. The van der Waals surface area contributed by atoms with Crippen LogP contribution in [0.25, 0.3) is 0 Å². The van der Waals surface area contributed by atoms with Gasteiger partial charge in [0, 0.05) is 12.0 Å². The van der Waals surface area contributed by atoms with Crippen LogP contribution in [0.1, 0.15) is 44.4 Å². The Balaban J connectivity index is 1.93. The monoisotopic (exact) mass is 434 g/mol. The standard InChI is InChI=1S/C22H27FN2O4S/c1-14-10-11-20-16(12-14)18(13-22(3,4)29-20)24-21(26)15(2)25(30(5,27)28)19-9-7-6-8-17(19)23/h6-12,15,18H,13H2,1-5H3,(H,24,26)/t15-,18-/m0/s1. The van der Waals surface area contributed by atoms with Gasteiger partial charge in [0.2, 0.25) is 15.9 Å². The molecule has 0 spiro atoms. The first-order valence-corrected chi connectivity index (χ1v) is 11.6. The molecule has 0 radical (unpaired) electrons. The number of nitrogens with zero attached hydrogens (tertiary/aromatic N) is 1. The number of carbonyl (C=O) groups is 1. The van der Waals surface area contributed by atoms with Gasteiger partial charge in [-0.05, 0) is 45.9 Å². The third-order valence-electron chi connectivity index (χ3n) is 5.12. The lowest BCUT2D eigenvalue weighted by Crippen LogP contribution is -2.50. The smallest absolute Gasteiger partial charge is 0.244 e. The van der Waals surface area contributed by atoms with Gasteiger partial charge in [-0.25, -0.2) is 12.8 Å². The minimum Gasteiger partial charge on any atom is -0.487 e. The predicted molar refractivity (Wildman–Crippen MR) is 115 cm³/mol. The Morgan fingerprint density at radius 2 is 1.93 bits per heavy atom. The SMILES string of the molecule is Cc1ccc2c(c1)[C@@H](NC(=O)[C@H](C)N(c1ccccc1F)S(C)(=O)=O)CC(C)(C)O2. The second kappa shape index (κ2) is 7.91. The average Bonchev–Trinajstić information content (AvgIpc) is 2.62. The van der Waals surface area contributed by atoms with Gasteiger partial charge in [-0.1, -0.05) is 29.8 Å². The second-order valence-electron chi connectivity index (χ2n) is 8.35. The number of halogens is 1. The Morgan fingerprint density at radius 1 is 1.27 bits per heavy atom. The third kappa shape index (κ3) is 4.59. The molecule has 0 aliphatic carbocycles. The van der Waals surface area contributed by atoms with Crippen LogP contribution in [0.3, 0.4) is 0 Å². The fourth-order valence-corrected chi connectivity index (χ4v) is 4.98. The van der Waals surface area contributed by atoms with Crippen LogP contribution in [0.5, 0.6) is 5.75 Å². The van der Waals surface area contributed by atoms with Crippen molar-refractivity contribution < 1.29 is 22.3 Å². The first kappa shape index (κ1) is 22.1. The Morgan fingerprint density at radius 3 is 2.57 bits per heavy atom. The summed E-state index contributed by atoms with van der Waals surface area (Å²) >= 11 is 0. The van der Waals surface area contributed by atoms with E-state index in [0.717, 1.165) is 27.8 Å². The van der Waals surface area contributed by atoms with E-state index in [1.54, 1.807) is 0 Å². The molecular weight excluding hydrogens is 407 g/mol. The van der Waals surface area contributed by atoms with Crippen LogP contribution in [0, 0.1) is 12.7 Å². The maximum absolute atomic E-state index is 14.3. The molecule has 8 heteroatoms. The van der Waals surface area contributed by atoms with Crippen molar-refractivity contribution in [3.8, 4) is 5.75 Å². The lowest BCUT2D eigenvalue weighted by atomic mass is 9.89. The Hall–Kier alpha value is -2.61. The molecule has 1 N–H and O–H groups in total. The van der Waals surface area contributed by atoms with Gasteiger partial charge < -0.3 is 10.1 Å². The zero-order valence-electron chi connectivity index (χ0n) is 17.8. The number of nitrogens with one attached hydrogen (secondary N) is 1. The van der Waals surface area contributed by atoms with Crippen LogP contribution in [-0.4, -0.2) is 32.2 Å². The van der Waals surface area contributed by atoms with Gasteiger partial charge >= 0.3 is 0 Å². The summed E-state index contributed by atoms with van der Waals surface area (Å²) in [6, 6.07) is 9.76. The highest BCUT2D eigenvalue weighted by Gasteiger charge is 2.37. The topological polar surface area (TPSA) is 75.7 Å². The average molecular weight is 435 g/mol. The Kier molecular flexibility index (Phi) is 5.82. The van der Waals surface area contributed by atoms with Gasteiger partial charge in [0.05, 0.1) is 18.0 Å². The fourth-order valence-electron chi connectivity index (χ4n) is 3.81. The van der Waals surface area contributed by atoms with Crippen LogP contribution in [-0.2, 0) is 14.8 Å². The number of anilines is 1. The van der Waals surface area contributed by atoms with E-state index in [1.165, 1.54) is 25.1 Å². The third-order valence-corrected chi connectivity index (χ3v) is 6.35. The largest absolute Gasteiger partial charge is 0.487 e. The van der Waals surface area contributed by atoms with Gasteiger partial charge in [0.25, 0.3) is 0 Å². The Bertz CT molecular complexity index is 1070. The molecule has 162 valence electrons. The van der Waals surface area contributed by atoms with E-state index in [-0.39, 0.29) is 11.7 Å². The number of para-hydroxylation sites is 1. The maximum Gasteiger partial charge on any atom is 0.244 e. The summed E-state index contributed by atoms with van der Waals surface area (Å²) in [5.41, 5.74) is 1.19. The first-order chi connectivity index (χ1) is 13.9. The molecule has 0 saturated heterocycles. The highest BCUT2D eigenvalue weighted by atomic mass is 32.2. The van der Waals surface area contributed by atoms with Gasteiger partial charge in [-0.15, -0.1) is 0 Å². The lowest BCUT2D eigenvalue weighted by Gasteiger charge is -2.39. The van der Waals surface area contributed by atoms with Crippen LogP contribution in [0.4, 0.5) is 10.1 Å². The zero-order valence-corrected chi connectivity index (χ0v) is 18.6. The minimum absolute atomic E-state index is 0.161. The van der Waals surface area contributed by atoms with E-state index in [0.29, 0.717) is 12.2 Å². The number of ether oxygens (including phenoxy) is 1. The lowest BCUT2D eigenvalue weighted by molar-refractivity contribution is -0.123. The van der Waals surface area contributed by atoms with Crippen molar-refractivity contribution in [2.75, 3.05) is 10.6 Å². The fraction of sp³-hybridized carbons (Fsp3) is 0.409. The molecule has 2 aromatic rings. The van der Waals surface area contributed by atoms with Crippen molar-refractivity contribution in [3.05, 3.63) is 59.4 Å². The van der Waals surface area contributed by atoms with E-state index in [9.17, 15) is 17.6 Å². The van der Waals surface area contributed by atoms with Crippen molar-refractivity contribution in [3.63, 3.8) is 0 Å². The van der Waals surface area contributed by atoms with Crippen LogP contribution in [0.15, 0.2) is 42.5 Å². The molecule has 30 heavy (non-hydrogen) atoms. The van der Waals surface area contributed by atoms with E-state index in [2.05, 4.69) is 5.32 Å². The second-order valence-corrected chi connectivity index (χ2v) is 10.2. The molecule has 0 fully saturated rings. The van der Waals surface area contributed by atoms with Gasteiger partial charge in [0.1, 0.15) is 23.2 Å². The number of fused-ring (bicyclic) bond motifs is 1. The molecule has 2 atom stereocenters. The number of hydrogen-bond acceptors (Lipinski definition) is 4. The van der Waals surface area contributed by atoms with Crippen molar-refractivity contribution in [2.24, 2.45) is 0 Å². The molecule has 1 aliphatic heterocycles. The van der Waals surface area contributed by atoms with E-state index < -0.39 is 33.4 Å². The number of sulfonamides is 1. The normalized spacial score (nSPS) is 18.7. The summed E-state index contributed by atoms with van der Waals surface area (Å²) in [6.07, 6.45) is 1.47. The summed E-state index contributed by atoms with van der Waals surface area (Å²) in [4.78, 5) is 13.1. The van der Waals surface area contributed by atoms with E-state index in [1.807, 2.05) is 39.0 Å². The van der Waals surface area contributed by atoms with E-state index >= 15 is 0 Å². The molecule has 1 heterocycles. The number of rotatable bonds is 5. The van der Waals surface area contributed by atoms with Gasteiger partial charge in [0.15, 0.2) is 0 Å². The molecule has 3 rings (SSSR count). The zero-order chi connectivity index (χ0) is 22.3. The maximum atomic E-state index is 14.3. The summed E-state index contributed by atoms with van der Waals surface area (Å²) in [5.74, 6) is -0.543. The molecule has 6 nitrogen and oxygen atoms in total. The molecule has 0 aromatic heterocycles. The number of aryl methyl sites for hydroxylation is 1. The molecule has 0 unspecified atom stereocenters. The summed E-state index contributed by atoms with van der Waals surface area (Å²) < 4.78 is 46.0. The molecule has 2 aromatic carbocycles. The quantitative estimate of drug-likeness (QED) is 0.779. The van der Waals surface area contributed by atoms with Crippen molar-refractivity contribution in [2.45, 2.75) is 51.8 Å². The highest BCUT2D eigenvalue weighted by Crippen LogP contribution is 2.40. The predicted octanol–water partition coefficient (Wildman–Crippen LogP) is 3.71. The first-order valence-electron chi connectivity index (χ1n) is 9.73. The minimum atomic E-state index is -3.91. The molecule has 1 aliphatic rings. The van der Waals surface area contributed by atoms with Crippen molar-refractivity contribution in [1.29, 1.82) is 0 Å². The number of carbonyl (C=O) groups excluding carboxylic acids is 1. The van der Waals surface area contributed by atoms with Crippen LogP contribution in [0.2, 0.25) is 0 Å². The number of amides is 1. The number of benzene rings is 2. The van der Waals surface area contributed by atoms with Gasteiger partial charge in [-0.2, -0.15) is 0 Å². The van der Waals surface area contributed by atoms with Gasteiger partial charge in [-0.3, -0.25) is 9.10 Å². The summed E-state index contributed by atoms with van der Waals surface area (Å²) in [6.45, 7) is 7.26. The molecule has 1 amide bonds. The highest BCUT2D eigenvalue weighted by molar-refractivity contribution is 7.92. The van der Waals surface area contributed by atoms with Crippen LogP contribution < -0.4 is 14.4 Å². The van der Waals surface area contributed by atoms with Crippen LogP contribution >= 0.6 is 0 Å². The Labute approximate surface area is 177 Å². The molecule has 0 saturated carbocycles. The molecular formula is C22H27FN2O4S. The van der Waals surface area contributed by atoms with E-state index in [4.69, 9.17) is 4.74 Å². The van der Waals surface area contributed by atoms with Crippen molar-refractivity contribution in [1.82, 2.24) is 5.32 Å². The molecule has 0 bridgehead atoms. The summed E-state index contributed by atoms with van der Waals surface area (Å²) in [5, 5.41) is 2.95. The van der Waals surface area contributed by atoms with Crippen molar-refractivity contribution >= 4 is 21.6 Å². The summed E-state index contributed by atoms with van der Waals surface area (Å²) in [7, 11) is -3.91.